The van der Waals surface area contributed by atoms with Crippen molar-refractivity contribution in [2.75, 3.05) is 13.2 Å². The molecule has 1 atom stereocenters. The van der Waals surface area contributed by atoms with Gasteiger partial charge in [0.05, 0.1) is 5.60 Å². The van der Waals surface area contributed by atoms with Crippen LogP contribution in [0.15, 0.2) is 0 Å². The van der Waals surface area contributed by atoms with Gasteiger partial charge < -0.3 is 9.84 Å². The SMILES string of the molecule is CC1(CCO)CCCO1. The summed E-state index contributed by atoms with van der Waals surface area (Å²) in [7, 11) is 0. The third-order valence-corrected chi connectivity index (χ3v) is 1.94. The number of aliphatic hydroxyl groups excluding tert-OH is 1. The maximum atomic E-state index is 8.61. The molecule has 0 aromatic heterocycles. The minimum absolute atomic E-state index is 0.00521. The highest BCUT2D eigenvalue weighted by Crippen LogP contribution is 2.27. The summed E-state index contributed by atoms with van der Waals surface area (Å²) in [6, 6.07) is 0. The second-order valence-electron chi connectivity index (χ2n) is 2.88. The lowest BCUT2D eigenvalue weighted by molar-refractivity contribution is 0.00124. The molecule has 2 nitrogen and oxygen atoms in total. The Balaban J connectivity index is 2.32. The molecule has 2 heteroatoms. The maximum absolute atomic E-state index is 8.61. The maximum Gasteiger partial charge on any atom is 0.0677 e. The first-order chi connectivity index (χ1) is 4.27. The van der Waals surface area contributed by atoms with Gasteiger partial charge in [0.2, 0.25) is 0 Å². The van der Waals surface area contributed by atoms with E-state index in [-0.39, 0.29) is 12.2 Å². The van der Waals surface area contributed by atoms with E-state index in [0.29, 0.717) is 0 Å². The zero-order valence-corrected chi connectivity index (χ0v) is 5.89. The molecule has 0 aliphatic carbocycles. The number of hydrogen-bond acceptors (Lipinski definition) is 2. The van der Waals surface area contributed by atoms with E-state index < -0.39 is 0 Å². The minimum atomic E-state index is -0.00521. The van der Waals surface area contributed by atoms with Gasteiger partial charge in [0.25, 0.3) is 0 Å². The van der Waals surface area contributed by atoms with Crippen LogP contribution in [-0.2, 0) is 4.74 Å². The molecule has 0 aromatic rings. The van der Waals surface area contributed by atoms with Crippen LogP contribution in [0.4, 0.5) is 0 Å². The highest BCUT2D eigenvalue weighted by molar-refractivity contribution is 4.79. The van der Waals surface area contributed by atoms with Crippen molar-refractivity contribution in [1.82, 2.24) is 0 Å². The molecule has 1 N–H and O–H groups in total. The third kappa shape index (κ3) is 1.66. The van der Waals surface area contributed by atoms with Crippen molar-refractivity contribution >= 4 is 0 Å². The van der Waals surface area contributed by atoms with Crippen molar-refractivity contribution in [3.8, 4) is 0 Å². The van der Waals surface area contributed by atoms with Gasteiger partial charge >= 0.3 is 0 Å². The van der Waals surface area contributed by atoms with Crippen molar-refractivity contribution < 1.29 is 9.84 Å². The van der Waals surface area contributed by atoms with Crippen LogP contribution in [0.1, 0.15) is 26.2 Å². The van der Waals surface area contributed by atoms with Gasteiger partial charge in [-0.25, -0.2) is 0 Å². The van der Waals surface area contributed by atoms with Crippen molar-refractivity contribution in [1.29, 1.82) is 0 Å². The topological polar surface area (TPSA) is 29.5 Å². The van der Waals surface area contributed by atoms with Gasteiger partial charge in [-0.15, -0.1) is 0 Å². The molecule has 1 saturated heterocycles. The van der Waals surface area contributed by atoms with Crippen molar-refractivity contribution in [3.63, 3.8) is 0 Å². The largest absolute Gasteiger partial charge is 0.396 e. The fourth-order valence-electron chi connectivity index (χ4n) is 1.27. The summed E-state index contributed by atoms with van der Waals surface area (Å²) in [5.74, 6) is 0. The van der Waals surface area contributed by atoms with E-state index in [1.54, 1.807) is 0 Å². The Kier molecular flexibility index (Phi) is 2.09. The fourth-order valence-corrected chi connectivity index (χ4v) is 1.27. The van der Waals surface area contributed by atoms with Crippen LogP contribution in [0.3, 0.4) is 0 Å². The number of rotatable bonds is 2. The van der Waals surface area contributed by atoms with Crippen LogP contribution in [-0.4, -0.2) is 23.9 Å². The predicted octanol–water partition coefficient (Wildman–Crippen LogP) is 0.938. The van der Waals surface area contributed by atoms with Crippen LogP contribution in [0.5, 0.6) is 0 Å². The van der Waals surface area contributed by atoms with Crippen molar-refractivity contribution in [2.24, 2.45) is 0 Å². The van der Waals surface area contributed by atoms with Gasteiger partial charge in [0.1, 0.15) is 0 Å². The van der Waals surface area contributed by atoms with Crippen molar-refractivity contribution in [3.05, 3.63) is 0 Å². The van der Waals surface area contributed by atoms with E-state index in [2.05, 4.69) is 6.92 Å². The summed E-state index contributed by atoms with van der Waals surface area (Å²) in [5.41, 5.74) is -0.00521. The summed E-state index contributed by atoms with van der Waals surface area (Å²) in [6.07, 6.45) is 3.04. The molecule has 1 aliphatic heterocycles. The average Bonchev–Trinajstić information content (AvgIpc) is 2.16. The van der Waals surface area contributed by atoms with E-state index in [9.17, 15) is 0 Å². The third-order valence-electron chi connectivity index (χ3n) is 1.94. The van der Waals surface area contributed by atoms with E-state index in [0.717, 1.165) is 25.9 Å². The molecule has 0 spiro atoms. The highest BCUT2D eigenvalue weighted by Gasteiger charge is 2.28. The summed E-state index contributed by atoms with van der Waals surface area (Å²) in [5, 5.41) is 8.61. The van der Waals surface area contributed by atoms with Crippen LogP contribution < -0.4 is 0 Å². The summed E-state index contributed by atoms with van der Waals surface area (Å²) in [4.78, 5) is 0. The average molecular weight is 130 g/mol. The lowest BCUT2D eigenvalue weighted by Gasteiger charge is -2.21. The normalized spacial score (nSPS) is 35.3. The number of aliphatic hydroxyl groups is 1. The zero-order valence-electron chi connectivity index (χ0n) is 5.89. The predicted molar refractivity (Wildman–Crippen MR) is 35.3 cm³/mol. The Morgan fingerprint density at radius 1 is 1.67 bits per heavy atom. The lowest BCUT2D eigenvalue weighted by Crippen LogP contribution is -2.23. The Bertz CT molecular complexity index is 84.9. The van der Waals surface area contributed by atoms with Crippen LogP contribution in [0, 0.1) is 0 Å². The lowest BCUT2D eigenvalue weighted by atomic mass is 9.99. The molecule has 0 saturated carbocycles. The van der Waals surface area contributed by atoms with Gasteiger partial charge in [0.15, 0.2) is 0 Å². The van der Waals surface area contributed by atoms with Crippen LogP contribution in [0.2, 0.25) is 0 Å². The van der Waals surface area contributed by atoms with E-state index >= 15 is 0 Å². The molecule has 1 fully saturated rings. The molecule has 1 rings (SSSR count). The van der Waals surface area contributed by atoms with Gasteiger partial charge in [-0.1, -0.05) is 0 Å². The first-order valence-corrected chi connectivity index (χ1v) is 3.52. The second-order valence-corrected chi connectivity index (χ2v) is 2.88. The molecule has 1 unspecified atom stereocenters. The van der Waals surface area contributed by atoms with Crippen molar-refractivity contribution in [2.45, 2.75) is 31.8 Å². The van der Waals surface area contributed by atoms with E-state index in [4.69, 9.17) is 9.84 Å². The molecule has 1 heterocycles. The Morgan fingerprint density at radius 3 is 2.89 bits per heavy atom. The standard InChI is InChI=1S/C7H14O2/c1-7(4-5-8)3-2-6-9-7/h8H,2-6H2,1H3. The Labute approximate surface area is 55.8 Å². The van der Waals surface area contributed by atoms with Gasteiger partial charge in [-0.2, -0.15) is 0 Å². The molecule has 9 heavy (non-hydrogen) atoms. The summed E-state index contributed by atoms with van der Waals surface area (Å²) < 4.78 is 5.42. The van der Waals surface area contributed by atoms with E-state index in [1.807, 2.05) is 0 Å². The molecule has 0 radical (unpaired) electrons. The smallest absolute Gasteiger partial charge is 0.0677 e. The fraction of sp³-hybridized carbons (Fsp3) is 1.00. The summed E-state index contributed by atoms with van der Waals surface area (Å²) >= 11 is 0. The Morgan fingerprint density at radius 2 is 2.44 bits per heavy atom. The highest BCUT2D eigenvalue weighted by atomic mass is 16.5. The molecule has 1 aliphatic rings. The van der Waals surface area contributed by atoms with Crippen LogP contribution >= 0.6 is 0 Å². The zero-order chi connectivity index (χ0) is 6.74. The quantitative estimate of drug-likeness (QED) is 0.602. The second kappa shape index (κ2) is 2.67. The molecule has 0 aromatic carbocycles. The minimum Gasteiger partial charge on any atom is -0.396 e. The number of hydrogen-bond donors (Lipinski definition) is 1. The molecular formula is C7H14O2. The molecule has 0 amide bonds. The van der Waals surface area contributed by atoms with Gasteiger partial charge in [0, 0.05) is 13.2 Å². The van der Waals surface area contributed by atoms with Crippen LogP contribution in [0.25, 0.3) is 0 Å². The molecule has 54 valence electrons. The van der Waals surface area contributed by atoms with Gasteiger partial charge in [-0.3, -0.25) is 0 Å². The van der Waals surface area contributed by atoms with E-state index in [1.165, 1.54) is 0 Å². The van der Waals surface area contributed by atoms with Gasteiger partial charge in [-0.05, 0) is 26.2 Å². The first-order valence-electron chi connectivity index (χ1n) is 3.52. The monoisotopic (exact) mass is 130 g/mol. The first kappa shape index (κ1) is 7.03. The summed E-state index contributed by atoms with van der Waals surface area (Å²) in [6.45, 7) is 3.18. The Hall–Kier alpha value is -0.0800. The number of ether oxygens (including phenoxy) is 1. The molecular weight excluding hydrogens is 116 g/mol. The molecule has 0 bridgehead atoms.